The minimum Gasteiger partial charge on any atom is -0.456 e. The van der Waals surface area contributed by atoms with Crippen LogP contribution in [0.2, 0.25) is 0 Å². The molecule has 0 radical (unpaired) electrons. The highest BCUT2D eigenvalue weighted by Gasteiger charge is 2.25. The molecule has 0 aliphatic carbocycles. The van der Waals surface area contributed by atoms with E-state index in [1.165, 1.54) is 0 Å². The molecule has 0 aromatic rings. The van der Waals surface area contributed by atoms with Crippen LogP contribution in [0.25, 0.3) is 0 Å². The highest BCUT2D eigenvalue weighted by Crippen LogP contribution is 2.06. The van der Waals surface area contributed by atoms with Gasteiger partial charge in [-0.1, -0.05) is 6.08 Å². The number of carbonyl (C=O) groups excluding carboxylic acids is 1. The van der Waals surface area contributed by atoms with E-state index in [0.29, 0.717) is 19.6 Å². The summed E-state index contributed by atoms with van der Waals surface area (Å²) in [5.74, 6) is -0.372. The third kappa shape index (κ3) is 2.32. The second kappa shape index (κ2) is 4.23. The number of esters is 1. The lowest BCUT2D eigenvalue weighted by atomic mass is 10.2. The van der Waals surface area contributed by atoms with Crippen molar-refractivity contribution in [2.75, 3.05) is 13.2 Å². The Hall–Kier alpha value is -0.870. The van der Waals surface area contributed by atoms with Gasteiger partial charge in [-0.25, -0.2) is 0 Å². The fourth-order valence-corrected chi connectivity index (χ4v) is 0.810. The van der Waals surface area contributed by atoms with Gasteiger partial charge in [0, 0.05) is 0 Å². The molecule has 1 aliphatic heterocycles. The molecule has 1 rings (SSSR count). The number of hydrogen-bond donors (Lipinski definition) is 1. The number of rotatable bonds is 4. The molecule has 4 nitrogen and oxygen atoms in total. The molecule has 0 aromatic carbocycles. The average Bonchev–Trinajstić information content (AvgIpc) is 1.97. The summed E-state index contributed by atoms with van der Waals surface area (Å²) in [6, 6.07) is -0.580. The van der Waals surface area contributed by atoms with Crippen LogP contribution in [-0.4, -0.2) is 31.3 Å². The Morgan fingerprint density at radius 1 is 1.83 bits per heavy atom. The molecular formula is C8H13NO3. The molecule has 1 atom stereocenters. The van der Waals surface area contributed by atoms with E-state index in [0.717, 1.165) is 0 Å². The van der Waals surface area contributed by atoms with E-state index >= 15 is 0 Å². The molecule has 2 N–H and O–H groups in total. The van der Waals surface area contributed by atoms with E-state index in [1.807, 2.05) is 0 Å². The van der Waals surface area contributed by atoms with Gasteiger partial charge in [0.2, 0.25) is 0 Å². The minimum absolute atomic E-state index is 0.0895. The lowest BCUT2D eigenvalue weighted by Gasteiger charge is -2.26. The fourth-order valence-electron chi connectivity index (χ4n) is 0.810. The van der Waals surface area contributed by atoms with Crippen molar-refractivity contribution in [1.29, 1.82) is 0 Å². The summed E-state index contributed by atoms with van der Waals surface area (Å²) >= 11 is 0. The number of nitrogens with two attached hydrogens (primary N) is 1. The molecule has 0 saturated carbocycles. The van der Waals surface area contributed by atoms with Gasteiger partial charge in [0.25, 0.3) is 0 Å². The first-order valence-corrected chi connectivity index (χ1v) is 3.88. The van der Waals surface area contributed by atoms with Crippen LogP contribution < -0.4 is 5.73 Å². The average molecular weight is 171 g/mol. The fraction of sp³-hybridized carbons (Fsp3) is 0.625. The third-order valence-electron chi connectivity index (χ3n) is 1.61. The van der Waals surface area contributed by atoms with Crippen molar-refractivity contribution in [2.45, 2.75) is 18.6 Å². The molecule has 68 valence electrons. The predicted octanol–water partition coefficient (Wildman–Crippen LogP) is -0.168. The third-order valence-corrected chi connectivity index (χ3v) is 1.61. The highest BCUT2D eigenvalue weighted by atomic mass is 16.6. The van der Waals surface area contributed by atoms with Crippen LogP contribution in [0.1, 0.15) is 6.42 Å². The molecule has 0 bridgehead atoms. The van der Waals surface area contributed by atoms with Gasteiger partial charge in [-0.15, -0.1) is 6.58 Å². The van der Waals surface area contributed by atoms with Crippen LogP contribution in [0.5, 0.6) is 0 Å². The normalized spacial score (nSPS) is 19.4. The van der Waals surface area contributed by atoms with Crippen molar-refractivity contribution in [3.63, 3.8) is 0 Å². The summed E-state index contributed by atoms with van der Waals surface area (Å²) in [6.07, 6.45) is 1.96. The SMILES string of the molecule is C=CCC(N)C(=O)OC1COC1. The molecule has 1 saturated heterocycles. The van der Waals surface area contributed by atoms with Crippen molar-refractivity contribution in [2.24, 2.45) is 5.73 Å². The number of ether oxygens (including phenoxy) is 2. The van der Waals surface area contributed by atoms with Crippen molar-refractivity contribution in [1.82, 2.24) is 0 Å². The first kappa shape index (κ1) is 9.22. The van der Waals surface area contributed by atoms with Gasteiger partial charge in [0.05, 0.1) is 13.2 Å². The molecule has 0 amide bonds. The predicted molar refractivity (Wildman–Crippen MR) is 43.5 cm³/mol. The molecule has 1 aliphatic rings. The van der Waals surface area contributed by atoms with Crippen molar-refractivity contribution in [3.8, 4) is 0 Å². The van der Waals surface area contributed by atoms with Gasteiger partial charge in [-0.2, -0.15) is 0 Å². The van der Waals surface area contributed by atoms with E-state index in [9.17, 15) is 4.79 Å². The van der Waals surface area contributed by atoms with Gasteiger partial charge >= 0.3 is 5.97 Å². The number of carbonyl (C=O) groups is 1. The highest BCUT2D eigenvalue weighted by molar-refractivity contribution is 5.75. The van der Waals surface area contributed by atoms with E-state index in [-0.39, 0.29) is 12.1 Å². The molecule has 1 heterocycles. The van der Waals surface area contributed by atoms with E-state index in [4.69, 9.17) is 15.2 Å². The zero-order valence-corrected chi connectivity index (χ0v) is 6.86. The van der Waals surface area contributed by atoms with Gasteiger partial charge in [0.1, 0.15) is 12.1 Å². The quantitative estimate of drug-likeness (QED) is 0.471. The second-order valence-electron chi connectivity index (χ2n) is 2.73. The molecule has 12 heavy (non-hydrogen) atoms. The Balaban J connectivity index is 2.21. The van der Waals surface area contributed by atoms with Crippen molar-refractivity contribution >= 4 is 5.97 Å². The van der Waals surface area contributed by atoms with E-state index < -0.39 is 6.04 Å². The Morgan fingerprint density at radius 3 is 2.92 bits per heavy atom. The monoisotopic (exact) mass is 171 g/mol. The Morgan fingerprint density at radius 2 is 2.50 bits per heavy atom. The molecule has 1 fully saturated rings. The summed E-state index contributed by atoms with van der Waals surface area (Å²) in [5.41, 5.74) is 5.47. The summed E-state index contributed by atoms with van der Waals surface area (Å²) in [7, 11) is 0. The summed E-state index contributed by atoms with van der Waals surface area (Å²) in [5, 5.41) is 0. The maximum absolute atomic E-state index is 11.1. The van der Waals surface area contributed by atoms with Gasteiger partial charge in [0.15, 0.2) is 0 Å². The molecule has 0 spiro atoms. The van der Waals surface area contributed by atoms with Gasteiger partial charge in [-0.05, 0) is 6.42 Å². The van der Waals surface area contributed by atoms with E-state index in [2.05, 4.69) is 6.58 Å². The Kier molecular flexibility index (Phi) is 3.25. The van der Waals surface area contributed by atoms with Crippen LogP contribution >= 0.6 is 0 Å². The second-order valence-corrected chi connectivity index (χ2v) is 2.73. The minimum atomic E-state index is -0.580. The number of hydrogen-bond acceptors (Lipinski definition) is 4. The lowest BCUT2D eigenvalue weighted by molar-refractivity contribution is -0.173. The Bertz CT molecular complexity index is 177. The van der Waals surface area contributed by atoms with E-state index in [1.54, 1.807) is 6.08 Å². The molecule has 0 aromatic heterocycles. The summed E-state index contributed by atoms with van der Waals surface area (Å²) in [4.78, 5) is 11.1. The standard InChI is InChI=1S/C8H13NO3/c1-2-3-7(9)8(10)12-6-4-11-5-6/h2,6-7H,1,3-5,9H2. The lowest BCUT2D eigenvalue weighted by Crippen LogP contribution is -2.42. The van der Waals surface area contributed by atoms with Crippen LogP contribution in [0.4, 0.5) is 0 Å². The zero-order valence-electron chi connectivity index (χ0n) is 6.86. The smallest absolute Gasteiger partial charge is 0.323 e. The zero-order chi connectivity index (χ0) is 8.97. The van der Waals surface area contributed by atoms with Crippen molar-refractivity contribution in [3.05, 3.63) is 12.7 Å². The molecular weight excluding hydrogens is 158 g/mol. The van der Waals surface area contributed by atoms with Gasteiger partial charge in [-0.3, -0.25) is 4.79 Å². The largest absolute Gasteiger partial charge is 0.456 e. The first-order valence-electron chi connectivity index (χ1n) is 3.88. The van der Waals surface area contributed by atoms with Crippen LogP contribution in [0.3, 0.4) is 0 Å². The van der Waals surface area contributed by atoms with Gasteiger partial charge < -0.3 is 15.2 Å². The van der Waals surface area contributed by atoms with Crippen LogP contribution in [0, 0.1) is 0 Å². The maximum Gasteiger partial charge on any atom is 0.323 e. The molecule has 4 heteroatoms. The van der Waals surface area contributed by atoms with Crippen LogP contribution in [-0.2, 0) is 14.3 Å². The summed E-state index contributed by atoms with van der Waals surface area (Å²) < 4.78 is 9.80. The first-order chi connectivity index (χ1) is 5.74. The van der Waals surface area contributed by atoms with Crippen molar-refractivity contribution < 1.29 is 14.3 Å². The molecule has 1 unspecified atom stereocenters. The Labute approximate surface area is 71.3 Å². The summed E-state index contributed by atoms with van der Waals surface area (Å²) in [6.45, 7) is 4.47. The maximum atomic E-state index is 11.1. The van der Waals surface area contributed by atoms with Crippen LogP contribution in [0.15, 0.2) is 12.7 Å². The topological polar surface area (TPSA) is 61.6 Å².